The van der Waals surface area contributed by atoms with E-state index < -0.39 is 0 Å². The molecule has 1 amide bonds. The molecule has 5 nitrogen and oxygen atoms in total. The molecule has 0 aromatic carbocycles. The zero-order valence-electron chi connectivity index (χ0n) is 15.4. The number of allylic oxidation sites excluding steroid dienone is 2. The first-order chi connectivity index (χ1) is 11.5. The summed E-state index contributed by atoms with van der Waals surface area (Å²) in [5.74, 6) is 1.31. The summed E-state index contributed by atoms with van der Waals surface area (Å²) >= 11 is 0. The van der Waals surface area contributed by atoms with Crippen molar-refractivity contribution in [2.24, 2.45) is 18.9 Å². The van der Waals surface area contributed by atoms with Crippen LogP contribution in [0.4, 0.5) is 0 Å². The van der Waals surface area contributed by atoms with Gasteiger partial charge in [-0.2, -0.15) is 5.10 Å². The lowest BCUT2D eigenvalue weighted by molar-refractivity contribution is -0.127. The van der Waals surface area contributed by atoms with Crippen LogP contribution in [-0.4, -0.2) is 40.7 Å². The summed E-state index contributed by atoms with van der Waals surface area (Å²) in [6, 6.07) is 0.143. The number of amides is 1. The van der Waals surface area contributed by atoms with Crippen molar-refractivity contribution in [1.29, 1.82) is 0 Å². The van der Waals surface area contributed by atoms with Crippen LogP contribution in [0.25, 0.3) is 0 Å². The van der Waals surface area contributed by atoms with Gasteiger partial charge in [-0.25, -0.2) is 0 Å². The summed E-state index contributed by atoms with van der Waals surface area (Å²) in [7, 11) is 3.91. The Morgan fingerprint density at radius 2 is 2.04 bits per heavy atom. The summed E-state index contributed by atoms with van der Waals surface area (Å²) in [4.78, 5) is 14.2. The third-order valence-electron chi connectivity index (χ3n) is 5.77. The summed E-state index contributed by atoms with van der Waals surface area (Å²) in [5.41, 5.74) is 3.45. The summed E-state index contributed by atoms with van der Waals surface area (Å²) < 4.78 is 1.93. The second-order valence-electron chi connectivity index (χ2n) is 7.43. The van der Waals surface area contributed by atoms with Gasteiger partial charge in [0.15, 0.2) is 0 Å². The van der Waals surface area contributed by atoms with Gasteiger partial charge < -0.3 is 10.2 Å². The first-order valence-electron chi connectivity index (χ1n) is 9.10. The molecule has 1 saturated heterocycles. The maximum absolute atomic E-state index is 12.3. The van der Waals surface area contributed by atoms with Crippen LogP contribution in [0.2, 0.25) is 0 Å². The van der Waals surface area contributed by atoms with Crippen LogP contribution in [-0.2, 0) is 11.8 Å². The quantitative estimate of drug-likeness (QED) is 0.844. The fraction of sp³-hybridized carbons (Fsp3) is 0.684. The molecule has 24 heavy (non-hydrogen) atoms. The van der Waals surface area contributed by atoms with Crippen molar-refractivity contribution in [1.82, 2.24) is 20.0 Å². The van der Waals surface area contributed by atoms with E-state index in [1.54, 1.807) is 0 Å². The second kappa shape index (κ2) is 7.09. The van der Waals surface area contributed by atoms with Crippen molar-refractivity contribution in [2.45, 2.75) is 45.6 Å². The second-order valence-corrected chi connectivity index (χ2v) is 7.43. The molecule has 3 atom stereocenters. The summed E-state index contributed by atoms with van der Waals surface area (Å²) in [6.07, 6.45) is 8.87. The Balaban J connectivity index is 1.69. The van der Waals surface area contributed by atoms with Crippen LogP contribution in [0.1, 0.15) is 48.7 Å². The molecule has 2 heterocycles. The average molecular weight is 330 g/mol. The molecule has 0 unspecified atom stereocenters. The Kier molecular flexibility index (Phi) is 5.09. The Bertz CT molecular complexity index is 634. The lowest BCUT2D eigenvalue weighted by Gasteiger charge is -2.27. The lowest BCUT2D eigenvalue weighted by Crippen LogP contribution is -2.32. The number of nitrogens with zero attached hydrogens (tertiary/aromatic N) is 3. The van der Waals surface area contributed by atoms with E-state index in [4.69, 9.17) is 0 Å². The van der Waals surface area contributed by atoms with Crippen molar-refractivity contribution >= 4 is 5.91 Å². The Morgan fingerprint density at radius 3 is 2.67 bits per heavy atom. The zero-order chi connectivity index (χ0) is 17.3. The highest BCUT2D eigenvalue weighted by Crippen LogP contribution is 2.39. The lowest BCUT2D eigenvalue weighted by atomic mass is 9.91. The molecule has 0 saturated carbocycles. The van der Waals surface area contributed by atoms with Gasteiger partial charge in [-0.05, 0) is 45.6 Å². The van der Waals surface area contributed by atoms with E-state index in [0.717, 1.165) is 24.7 Å². The van der Waals surface area contributed by atoms with Crippen LogP contribution >= 0.6 is 0 Å². The first kappa shape index (κ1) is 17.2. The average Bonchev–Trinajstić information content (AvgIpc) is 2.97. The SMILES string of the molecule is Cc1nn(C)c(C)c1[C@H]1[C@H](CNC[C@H]2CC=CCC2)CC(=O)N1C. The normalized spacial score (nSPS) is 27.2. The van der Waals surface area contributed by atoms with Gasteiger partial charge in [0.05, 0.1) is 11.7 Å². The van der Waals surface area contributed by atoms with Gasteiger partial charge in [0.2, 0.25) is 5.91 Å². The van der Waals surface area contributed by atoms with Gasteiger partial charge in [-0.3, -0.25) is 9.48 Å². The molecule has 132 valence electrons. The number of carbonyl (C=O) groups is 1. The van der Waals surface area contributed by atoms with Gasteiger partial charge in [-0.1, -0.05) is 12.2 Å². The van der Waals surface area contributed by atoms with Crippen molar-refractivity contribution in [3.63, 3.8) is 0 Å². The van der Waals surface area contributed by atoms with E-state index in [2.05, 4.69) is 36.4 Å². The van der Waals surface area contributed by atoms with E-state index in [9.17, 15) is 4.79 Å². The molecule has 1 N–H and O–H groups in total. The largest absolute Gasteiger partial charge is 0.338 e. The van der Waals surface area contributed by atoms with E-state index in [-0.39, 0.29) is 11.9 Å². The molecule has 2 aliphatic rings. The predicted molar refractivity (Wildman–Crippen MR) is 95.7 cm³/mol. The number of carbonyl (C=O) groups excluding carboxylic acids is 1. The maximum atomic E-state index is 12.3. The molecular formula is C19H30N4O. The van der Waals surface area contributed by atoms with E-state index in [0.29, 0.717) is 12.3 Å². The molecule has 1 aliphatic carbocycles. The fourth-order valence-electron chi connectivity index (χ4n) is 4.30. The van der Waals surface area contributed by atoms with Gasteiger partial charge in [0.25, 0.3) is 0 Å². The van der Waals surface area contributed by atoms with Gasteiger partial charge in [0.1, 0.15) is 0 Å². The maximum Gasteiger partial charge on any atom is 0.223 e. The predicted octanol–water partition coefficient (Wildman–Crippen LogP) is 2.50. The molecule has 1 aliphatic heterocycles. The van der Waals surface area contributed by atoms with Crippen molar-refractivity contribution in [3.8, 4) is 0 Å². The standard InChI is InChI=1S/C19H30N4O/c1-13-18(14(2)23(4)21-13)19-16(10-17(24)22(19)3)12-20-11-15-8-6-5-7-9-15/h5-6,15-16,19-20H,7-12H2,1-4H3/t15-,16-,19+/m0/s1. The van der Waals surface area contributed by atoms with E-state index in [1.165, 1.54) is 30.5 Å². The molecule has 1 aromatic rings. The fourth-order valence-corrected chi connectivity index (χ4v) is 4.30. The van der Waals surface area contributed by atoms with Crippen LogP contribution in [0.3, 0.4) is 0 Å². The van der Waals surface area contributed by atoms with Crippen LogP contribution in [0.15, 0.2) is 12.2 Å². The molecule has 1 aromatic heterocycles. The van der Waals surface area contributed by atoms with Crippen LogP contribution in [0, 0.1) is 25.7 Å². The van der Waals surface area contributed by atoms with Gasteiger partial charge in [-0.15, -0.1) is 0 Å². The van der Waals surface area contributed by atoms with Crippen molar-refractivity contribution in [3.05, 3.63) is 29.1 Å². The molecule has 3 rings (SSSR count). The summed E-state index contributed by atoms with van der Waals surface area (Å²) in [5, 5.41) is 8.20. The Hall–Kier alpha value is -1.62. The number of hydrogen-bond acceptors (Lipinski definition) is 3. The number of aryl methyl sites for hydroxylation is 2. The van der Waals surface area contributed by atoms with Crippen molar-refractivity contribution in [2.75, 3.05) is 20.1 Å². The molecule has 0 spiro atoms. The number of aromatic nitrogens is 2. The number of hydrogen-bond donors (Lipinski definition) is 1. The monoisotopic (exact) mass is 330 g/mol. The third kappa shape index (κ3) is 3.27. The smallest absolute Gasteiger partial charge is 0.223 e. The highest BCUT2D eigenvalue weighted by Gasteiger charge is 2.40. The topological polar surface area (TPSA) is 50.2 Å². The number of likely N-dealkylation sites (tertiary alicyclic amines) is 1. The third-order valence-corrected chi connectivity index (χ3v) is 5.77. The minimum Gasteiger partial charge on any atom is -0.338 e. The van der Waals surface area contributed by atoms with Crippen LogP contribution < -0.4 is 5.32 Å². The molecule has 5 heteroatoms. The van der Waals surface area contributed by atoms with Gasteiger partial charge in [0, 0.05) is 44.2 Å². The van der Waals surface area contributed by atoms with E-state index in [1.807, 2.05) is 23.7 Å². The number of rotatable bonds is 5. The Labute approximate surface area is 145 Å². The highest BCUT2D eigenvalue weighted by atomic mass is 16.2. The minimum absolute atomic E-state index is 0.143. The number of nitrogens with one attached hydrogen (secondary N) is 1. The molecular weight excluding hydrogens is 300 g/mol. The Morgan fingerprint density at radius 1 is 1.25 bits per heavy atom. The summed E-state index contributed by atoms with van der Waals surface area (Å²) in [6.45, 7) is 6.11. The van der Waals surface area contributed by atoms with Crippen LogP contribution in [0.5, 0.6) is 0 Å². The first-order valence-corrected chi connectivity index (χ1v) is 9.10. The minimum atomic E-state index is 0.143. The molecule has 0 bridgehead atoms. The molecule has 1 fully saturated rings. The van der Waals surface area contributed by atoms with Gasteiger partial charge >= 0.3 is 0 Å². The highest BCUT2D eigenvalue weighted by molar-refractivity contribution is 5.79. The molecule has 0 radical (unpaired) electrons. The zero-order valence-corrected chi connectivity index (χ0v) is 15.4. The van der Waals surface area contributed by atoms with E-state index >= 15 is 0 Å². The van der Waals surface area contributed by atoms with Crippen molar-refractivity contribution < 1.29 is 4.79 Å².